The van der Waals surface area contributed by atoms with Crippen LogP contribution in [-0.4, -0.2) is 16.0 Å². The van der Waals surface area contributed by atoms with Crippen LogP contribution in [0.15, 0.2) is 38.6 Å². The molecule has 0 saturated heterocycles. The lowest BCUT2D eigenvalue weighted by molar-refractivity contribution is 1.36. The average Bonchev–Trinajstić information content (AvgIpc) is 2.81. The van der Waals surface area contributed by atoms with Gasteiger partial charge in [0, 0.05) is 1.34 Å². The van der Waals surface area contributed by atoms with Crippen molar-refractivity contribution in [2.45, 2.75) is 0 Å². The van der Waals surface area contributed by atoms with Crippen LogP contribution < -0.4 is 0 Å². The Morgan fingerprint density at radius 3 is 1.38 bits per heavy atom. The Kier molecular flexibility index (Phi) is 14.3. The molecular weight excluding hydrogens is 369 g/mol. The van der Waals surface area contributed by atoms with Crippen molar-refractivity contribution in [1.82, 2.24) is 0 Å². The minimum absolute atomic E-state index is 0.433. The second-order valence-electron chi connectivity index (χ2n) is 3.46. The molecule has 0 spiro atoms. The van der Waals surface area contributed by atoms with Crippen LogP contribution in [0, 0.1) is 104 Å². The predicted molar refractivity (Wildman–Crippen MR) is 95.9 cm³/mol. The predicted octanol–water partition coefficient (Wildman–Crippen LogP) is 1.31. The summed E-state index contributed by atoms with van der Waals surface area (Å²) in [4.78, 5) is 8.47. The van der Waals surface area contributed by atoms with E-state index in [1.807, 2.05) is 0 Å². The van der Waals surface area contributed by atoms with Crippen LogP contribution in [0.25, 0.3) is 9.69 Å². The third-order valence-corrected chi connectivity index (χ3v) is 2.08. The molecule has 0 fully saturated rings. The summed E-state index contributed by atoms with van der Waals surface area (Å²) in [6, 6.07) is 11.5. The first-order valence-corrected chi connectivity index (χ1v) is 6.20. The van der Waals surface area contributed by atoms with Gasteiger partial charge in [0.25, 0.3) is 19.3 Å². The number of rotatable bonds is 2. The van der Waals surface area contributed by atoms with Crippen molar-refractivity contribution in [2.24, 2.45) is 4.90 Å². The molecule has 0 aliphatic carbocycles. The first kappa shape index (κ1) is 22.9. The SMILES string of the molecule is [2H][B]N=C[3H].[C-]#[N+]/C(C#N)=C(\C#N)C(C#N)=C(C#N)C#N.[C-]#[N+]C(C#N)=C(C#N)C#N. The van der Waals surface area contributed by atoms with Crippen LogP contribution in [0.2, 0.25) is 0 Å². The molecule has 11 nitrogen and oxygen atoms in total. The van der Waals surface area contributed by atoms with Crippen LogP contribution in [0.5, 0.6) is 0 Å². The fourth-order valence-corrected chi connectivity index (χ4v) is 1.01. The van der Waals surface area contributed by atoms with E-state index in [-0.39, 0.29) is 0 Å². The zero-order chi connectivity index (χ0) is 24.7. The molecule has 0 N–H and O–H groups in total. The van der Waals surface area contributed by atoms with Crippen molar-refractivity contribution in [3.63, 3.8) is 0 Å². The van der Waals surface area contributed by atoms with Gasteiger partial charge in [-0.1, -0.05) is 0 Å². The Morgan fingerprint density at radius 2 is 1.21 bits per heavy atom. The molecule has 129 valence electrons. The Balaban J connectivity index is -0.000000443. The Morgan fingerprint density at radius 1 is 0.759 bits per heavy atom. The fraction of sp³-hybridized carbons (Fsp3) is 0. The first-order valence-electron chi connectivity index (χ1n) is 7.35. The third-order valence-electron chi connectivity index (χ3n) is 2.08. The number of allylic oxidation sites excluding steroid dienone is 6. The van der Waals surface area contributed by atoms with Crippen LogP contribution in [0.3, 0.4) is 0 Å². The van der Waals surface area contributed by atoms with E-state index in [1.165, 1.54) is 48.6 Å². The Bertz CT molecular complexity index is 1080. The average molecular weight is 375 g/mol. The van der Waals surface area contributed by atoms with Gasteiger partial charge in [-0.2, -0.15) is 31.6 Å². The monoisotopic (exact) mass is 375 g/mol. The van der Waals surface area contributed by atoms with Gasteiger partial charge in [0.2, 0.25) is 0 Å². The van der Waals surface area contributed by atoms with Crippen molar-refractivity contribution in [1.29, 1.82) is 43.4 Å². The van der Waals surface area contributed by atoms with E-state index in [1.54, 1.807) is 0 Å². The Labute approximate surface area is 170 Å². The maximum Gasteiger partial charge on any atom is 0.289 e. The van der Waals surface area contributed by atoms with Crippen molar-refractivity contribution in [3.05, 3.63) is 56.5 Å². The highest BCUT2D eigenvalue weighted by Gasteiger charge is 2.16. The normalized spacial score (nSPS) is 8.34. The molecule has 0 bridgehead atoms. The number of nitriles is 8. The van der Waals surface area contributed by atoms with E-state index in [4.69, 9.17) is 57.9 Å². The molecule has 0 heterocycles. The standard InChI is InChI=1S/C10N6.C6N4.CH3BN/c1-16-10(6-15)9(5-14)8(4-13)7(2-11)3-12;1-10-6(4-9)5(2-7)3-8;1-3-2/h;;2H,1H2/b10-9+;;/i;;1T,2D. The van der Waals surface area contributed by atoms with E-state index in [0.717, 1.165) is 14.6 Å². The molecular formula is C17H3BN11. The van der Waals surface area contributed by atoms with Gasteiger partial charge in [-0.3, -0.25) is 0 Å². The van der Waals surface area contributed by atoms with Crippen LogP contribution >= 0.6 is 0 Å². The summed E-state index contributed by atoms with van der Waals surface area (Å²) in [5, 5.41) is 67.4. The summed E-state index contributed by atoms with van der Waals surface area (Å²) in [5.74, 6) is 0. The molecule has 0 unspecified atom stereocenters. The molecule has 0 saturated carbocycles. The van der Waals surface area contributed by atoms with Crippen LogP contribution in [0.4, 0.5) is 0 Å². The summed E-state index contributed by atoms with van der Waals surface area (Å²) in [6.07, 6.45) is 0. The maximum atomic E-state index is 8.69. The van der Waals surface area contributed by atoms with Crippen molar-refractivity contribution in [2.75, 3.05) is 0 Å². The summed E-state index contributed by atoms with van der Waals surface area (Å²) in [6.45, 7) is 13.8. The summed E-state index contributed by atoms with van der Waals surface area (Å²) < 4.78 is 12.3. The zero-order valence-electron chi connectivity index (χ0n) is 16.1. The molecule has 0 amide bonds. The van der Waals surface area contributed by atoms with Crippen molar-refractivity contribution < 1.29 is 1.37 Å². The van der Waals surface area contributed by atoms with Gasteiger partial charge in [0.15, 0.2) is 0 Å². The van der Waals surface area contributed by atoms with Gasteiger partial charge in [0.05, 0.1) is 56.0 Å². The molecule has 0 aromatic heterocycles. The van der Waals surface area contributed by atoms with Gasteiger partial charge >= 0.3 is 0 Å². The topological polar surface area (TPSA) is 211 Å². The van der Waals surface area contributed by atoms with Gasteiger partial charge < -0.3 is 4.90 Å². The zero-order valence-corrected chi connectivity index (χ0v) is 14.1. The molecule has 0 rings (SSSR count). The van der Waals surface area contributed by atoms with E-state index in [9.17, 15) is 0 Å². The smallest absolute Gasteiger partial charge is 0.289 e. The van der Waals surface area contributed by atoms with Crippen molar-refractivity contribution in [3.8, 4) is 48.6 Å². The van der Waals surface area contributed by atoms with Crippen molar-refractivity contribution >= 4 is 14.6 Å². The molecule has 29 heavy (non-hydrogen) atoms. The second-order valence-corrected chi connectivity index (χ2v) is 3.46. The van der Waals surface area contributed by atoms with E-state index < -0.39 is 33.7 Å². The molecule has 0 aliphatic heterocycles. The molecule has 1 radical (unpaired) electrons. The molecule has 12 heteroatoms. The van der Waals surface area contributed by atoms with Crippen LogP contribution in [-0.2, 0) is 0 Å². The lowest BCUT2D eigenvalue weighted by Gasteiger charge is -1.94. The number of hydrogen-bond acceptors (Lipinski definition) is 9. The minimum Gasteiger partial charge on any atom is -0.368 e. The Hall–Kier alpha value is -6.15. The second kappa shape index (κ2) is 18.2. The van der Waals surface area contributed by atoms with Gasteiger partial charge in [-0.15, -0.1) is 0 Å². The summed E-state index contributed by atoms with van der Waals surface area (Å²) >= 11 is 0. The fourth-order valence-electron chi connectivity index (χ4n) is 1.01. The summed E-state index contributed by atoms with van der Waals surface area (Å²) in [5.41, 5.74) is -3.22. The van der Waals surface area contributed by atoms with Gasteiger partial charge in [0.1, 0.15) is 29.4 Å². The quantitative estimate of drug-likeness (QED) is 0.225. The molecule has 0 aromatic carbocycles. The van der Waals surface area contributed by atoms with Gasteiger partial charge in [-0.25, -0.2) is 20.2 Å². The highest BCUT2D eigenvalue weighted by Crippen LogP contribution is 2.17. The maximum absolute atomic E-state index is 8.69. The van der Waals surface area contributed by atoms with E-state index in [0.29, 0.717) is 0 Å². The lowest BCUT2D eigenvalue weighted by Crippen LogP contribution is -1.92. The van der Waals surface area contributed by atoms with E-state index in [2.05, 4.69) is 14.6 Å². The highest BCUT2D eigenvalue weighted by molar-refractivity contribution is 6.07. The molecule has 0 aliphatic rings. The highest BCUT2D eigenvalue weighted by atomic mass is 14.7. The molecule has 0 aromatic rings. The van der Waals surface area contributed by atoms with Crippen LogP contribution in [0.1, 0.15) is 1.37 Å². The number of nitrogens with zero attached hydrogens (tertiary/aromatic N) is 11. The first-order chi connectivity index (χ1) is 14.9. The summed E-state index contributed by atoms with van der Waals surface area (Å²) in [7, 11) is 0.812. The van der Waals surface area contributed by atoms with E-state index >= 15 is 0 Å². The largest absolute Gasteiger partial charge is 0.368 e. The lowest BCUT2D eigenvalue weighted by atomic mass is 10.0. The van der Waals surface area contributed by atoms with Gasteiger partial charge in [-0.05, 0) is 6.69 Å². The third kappa shape index (κ3) is 9.67. The number of hydrogen-bond donors (Lipinski definition) is 0. The molecule has 0 atom stereocenters. The minimum atomic E-state index is -0.623.